The predicted octanol–water partition coefficient (Wildman–Crippen LogP) is 2.32. The zero-order valence-corrected chi connectivity index (χ0v) is 13.9. The van der Waals surface area contributed by atoms with Gasteiger partial charge in [-0.3, -0.25) is 0 Å². The van der Waals surface area contributed by atoms with Crippen LogP contribution in [0.2, 0.25) is 0 Å². The van der Waals surface area contributed by atoms with E-state index in [4.69, 9.17) is 9.47 Å². The van der Waals surface area contributed by atoms with Gasteiger partial charge in [-0.05, 0) is 50.8 Å². The van der Waals surface area contributed by atoms with E-state index in [1.54, 1.807) is 32.9 Å². The van der Waals surface area contributed by atoms with Crippen LogP contribution in [0.15, 0.2) is 18.2 Å². The number of alkyl carbamates (subject to hydrolysis) is 1. The minimum absolute atomic E-state index is 0.112. The quantitative estimate of drug-likeness (QED) is 0.817. The highest BCUT2D eigenvalue weighted by atomic mass is 16.6. The number of amides is 1. The summed E-state index contributed by atoms with van der Waals surface area (Å²) in [6, 6.07) is 5.24. The number of phenols is 1. The molecule has 0 radical (unpaired) electrons. The molecule has 2 rings (SSSR count). The van der Waals surface area contributed by atoms with Crippen molar-refractivity contribution in [2.75, 3.05) is 7.11 Å². The van der Waals surface area contributed by atoms with Crippen molar-refractivity contribution in [3.63, 3.8) is 0 Å². The highest BCUT2D eigenvalue weighted by Gasteiger charge is 2.45. The van der Waals surface area contributed by atoms with Gasteiger partial charge in [-0.2, -0.15) is 0 Å². The number of carbonyl (C=O) groups excluding carboxylic acids is 2. The average molecular weight is 321 g/mol. The lowest BCUT2D eigenvalue weighted by Gasteiger charge is -2.36. The van der Waals surface area contributed by atoms with Crippen LogP contribution in [0.5, 0.6) is 5.75 Å². The zero-order chi connectivity index (χ0) is 17.3. The zero-order valence-electron chi connectivity index (χ0n) is 13.9. The minimum Gasteiger partial charge on any atom is -0.508 e. The number of hydrogen-bond acceptors (Lipinski definition) is 5. The second-order valence-corrected chi connectivity index (χ2v) is 6.79. The van der Waals surface area contributed by atoms with Gasteiger partial charge < -0.3 is 19.9 Å². The van der Waals surface area contributed by atoms with E-state index >= 15 is 0 Å². The van der Waals surface area contributed by atoms with Gasteiger partial charge >= 0.3 is 12.1 Å². The van der Waals surface area contributed by atoms with Crippen molar-refractivity contribution in [2.24, 2.45) is 0 Å². The molecule has 1 aliphatic carbocycles. The molecule has 6 nitrogen and oxygen atoms in total. The van der Waals surface area contributed by atoms with Gasteiger partial charge in [0.05, 0.1) is 7.11 Å². The number of aromatic hydroxyl groups is 1. The molecule has 1 amide bonds. The summed E-state index contributed by atoms with van der Waals surface area (Å²) in [7, 11) is 1.28. The Kier molecular flexibility index (Phi) is 4.54. The first-order valence-corrected chi connectivity index (χ1v) is 7.56. The van der Waals surface area contributed by atoms with Crippen molar-refractivity contribution in [1.82, 2.24) is 5.32 Å². The smallest absolute Gasteiger partial charge is 0.408 e. The third kappa shape index (κ3) is 3.75. The minimum atomic E-state index is -1.23. The number of benzene rings is 1. The van der Waals surface area contributed by atoms with Crippen molar-refractivity contribution in [1.29, 1.82) is 0 Å². The molecule has 6 heteroatoms. The lowest BCUT2D eigenvalue weighted by Crippen LogP contribution is -2.59. The molecular formula is C17H23NO5. The molecule has 1 atom stereocenters. The molecule has 0 saturated carbocycles. The van der Waals surface area contributed by atoms with Gasteiger partial charge in [0.25, 0.3) is 0 Å². The first-order chi connectivity index (χ1) is 10.7. The first kappa shape index (κ1) is 17.1. The summed E-state index contributed by atoms with van der Waals surface area (Å²) in [5.74, 6) is -0.432. The lowest BCUT2D eigenvalue weighted by molar-refractivity contribution is -0.149. The first-order valence-electron chi connectivity index (χ1n) is 7.56. The Morgan fingerprint density at radius 2 is 2.00 bits per heavy atom. The van der Waals surface area contributed by atoms with Crippen LogP contribution in [0.3, 0.4) is 0 Å². The van der Waals surface area contributed by atoms with Crippen LogP contribution in [0.1, 0.15) is 38.3 Å². The summed E-state index contributed by atoms with van der Waals surface area (Å²) in [5, 5.41) is 12.7. The number of fused-ring (bicyclic) bond motifs is 1. The third-order valence-corrected chi connectivity index (χ3v) is 3.86. The van der Waals surface area contributed by atoms with Crippen LogP contribution in [-0.2, 0) is 27.1 Å². The van der Waals surface area contributed by atoms with Gasteiger partial charge in [-0.1, -0.05) is 12.1 Å². The van der Waals surface area contributed by atoms with Gasteiger partial charge in [-0.25, -0.2) is 9.59 Å². The Labute approximate surface area is 135 Å². The standard InChI is InChI=1S/C17H23NO5/c1-16(2,3)23-15(21)18-17(14(20)22-4)9-8-11-6-5-7-13(19)12(11)10-17/h5-7,19H,8-10H2,1-4H3,(H,18,21). The number of esters is 1. The summed E-state index contributed by atoms with van der Waals surface area (Å²) in [6.45, 7) is 5.25. The lowest BCUT2D eigenvalue weighted by atomic mass is 9.77. The number of ether oxygens (including phenoxy) is 2. The maximum absolute atomic E-state index is 12.3. The molecule has 0 saturated heterocycles. The summed E-state index contributed by atoms with van der Waals surface area (Å²) in [4.78, 5) is 24.5. The molecule has 0 heterocycles. The third-order valence-electron chi connectivity index (χ3n) is 3.86. The maximum Gasteiger partial charge on any atom is 0.408 e. The number of hydrogen-bond donors (Lipinski definition) is 2. The SMILES string of the molecule is COC(=O)C1(NC(=O)OC(C)(C)C)CCc2cccc(O)c2C1. The van der Waals surface area contributed by atoms with Crippen molar-refractivity contribution in [2.45, 2.75) is 51.2 Å². The largest absolute Gasteiger partial charge is 0.508 e. The predicted molar refractivity (Wildman–Crippen MR) is 84.2 cm³/mol. The topological polar surface area (TPSA) is 84.9 Å². The molecular weight excluding hydrogens is 298 g/mol. The molecule has 1 aromatic carbocycles. The Hall–Kier alpha value is -2.24. The van der Waals surface area contributed by atoms with Crippen molar-refractivity contribution in [3.8, 4) is 5.75 Å². The molecule has 0 spiro atoms. The molecule has 1 aliphatic rings. The number of aryl methyl sites for hydroxylation is 1. The molecule has 1 unspecified atom stereocenters. The number of phenolic OH excluding ortho intramolecular Hbond substituents is 1. The van der Waals surface area contributed by atoms with Gasteiger partial charge in [0, 0.05) is 6.42 Å². The van der Waals surface area contributed by atoms with Gasteiger partial charge in [0.2, 0.25) is 0 Å². The maximum atomic E-state index is 12.3. The Morgan fingerprint density at radius 3 is 2.61 bits per heavy atom. The number of methoxy groups -OCH3 is 1. The average Bonchev–Trinajstić information content (AvgIpc) is 2.45. The Bertz CT molecular complexity index is 620. The van der Waals surface area contributed by atoms with Gasteiger partial charge in [-0.15, -0.1) is 0 Å². The molecule has 0 aromatic heterocycles. The van der Waals surface area contributed by atoms with Crippen LogP contribution in [0, 0.1) is 0 Å². The fourth-order valence-electron chi connectivity index (χ4n) is 2.82. The van der Waals surface area contributed by atoms with E-state index in [0.29, 0.717) is 18.4 Å². The van der Waals surface area contributed by atoms with E-state index in [-0.39, 0.29) is 12.2 Å². The van der Waals surface area contributed by atoms with Crippen LogP contribution >= 0.6 is 0 Å². The van der Waals surface area contributed by atoms with E-state index in [1.807, 2.05) is 6.07 Å². The van der Waals surface area contributed by atoms with E-state index in [9.17, 15) is 14.7 Å². The Balaban J connectivity index is 2.30. The van der Waals surface area contributed by atoms with E-state index in [1.165, 1.54) is 7.11 Å². The number of nitrogens with one attached hydrogen (secondary N) is 1. The van der Waals surface area contributed by atoms with Crippen LogP contribution in [-0.4, -0.2) is 35.4 Å². The molecule has 0 fully saturated rings. The molecule has 126 valence electrons. The normalized spacial score (nSPS) is 20.3. The second-order valence-electron chi connectivity index (χ2n) is 6.79. The fourth-order valence-corrected chi connectivity index (χ4v) is 2.82. The second kappa shape index (κ2) is 6.10. The van der Waals surface area contributed by atoms with Crippen molar-refractivity contribution in [3.05, 3.63) is 29.3 Å². The summed E-state index contributed by atoms with van der Waals surface area (Å²) in [6.07, 6.45) is 0.423. The summed E-state index contributed by atoms with van der Waals surface area (Å²) >= 11 is 0. The summed E-state index contributed by atoms with van der Waals surface area (Å²) < 4.78 is 10.1. The highest BCUT2D eigenvalue weighted by Crippen LogP contribution is 2.35. The highest BCUT2D eigenvalue weighted by molar-refractivity contribution is 5.87. The van der Waals surface area contributed by atoms with Crippen molar-refractivity contribution >= 4 is 12.1 Å². The Morgan fingerprint density at radius 1 is 1.30 bits per heavy atom. The van der Waals surface area contributed by atoms with Gasteiger partial charge in [0.15, 0.2) is 0 Å². The fraction of sp³-hybridized carbons (Fsp3) is 0.529. The summed E-state index contributed by atoms with van der Waals surface area (Å²) in [5.41, 5.74) is -0.283. The van der Waals surface area contributed by atoms with E-state index in [0.717, 1.165) is 5.56 Å². The van der Waals surface area contributed by atoms with Gasteiger partial charge in [0.1, 0.15) is 16.9 Å². The van der Waals surface area contributed by atoms with Crippen LogP contribution < -0.4 is 5.32 Å². The molecule has 2 N–H and O–H groups in total. The molecule has 1 aromatic rings. The van der Waals surface area contributed by atoms with E-state index in [2.05, 4.69) is 5.32 Å². The van der Waals surface area contributed by atoms with E-state index < -0.39 is 23.2 Å². The molecule has 0 bridgehead atoms. The monoisotopic (exact) mass is 321 g/mol. The van der Waals surface area contributed by atoms with Crippen LogP contribution in [0.4, 0.5) is 4.79 Å². The van der Waals surface area contributed by atoms with Crippen molar-refractivity contribution < 1.29 is 24.2 Å². The molecule has 0 aliphatic heterocycles. The molecule has 23 heavy (non-hydrogen) atoms. The van der Waals surface area contributed by atoms with Crippen LogP contribution in [0.25, 0.3) is 0 Å². The number of rotatable bonds is 2. The number of carbonyl (C=O) groups is 2.